The molecular weight excluding hydrogens is 198 g/mol. The van der Waals surface area contributed by atoms with Gasteiger partial charge >= 0.3 is 0 Å². The number of aldehydes is 1. The van der Waals surface area contributed by atoms with E-state index in [0.717, 1.165) is 29.0 Å². The minimum Gasteiger partial charge on any atom is -0.381 e. The number of nitrogens with one attached hydrogen (secondary N) is 1. The van der Waals surface area contributed by atoms with Crippen LogP contribution in [0.15, 0.2) is 12.1 Å². The predicted molar refractivity (Wildman–Crippen MR) is 58.0 cm³/mol. The molecule has 1 atom stereocenters. The van der Waals surface area contributed by atoms with Crippen LogP contribution < -0.4 is 5.32 Å². The zero-order valence-electron chi connectivity index (χ0n) is 8.01. The molecule has 2 rings (SSSR count). The number of halogens is 1. The number of aryl methyl sites for hydroxylation is 1. The Bertz CT molecular complexity index is 345. The quantitative estimate of drug-likeness (QED) is 0.759. The van der Waals surface area contributed by atoms with Gasteiger partial charge in [-0.1, -0.05) is 17.7 Å². The van der Waals surface area contributed by atoms with Crippen LogP contribution in [0.25, 0.3) is 0 Å². The van der Waals surface area contributed by atoms with Crippen LogP contribution in [0.5, 0.6) is 0 Å². The molecule has 14 heavy (non-hydrogen) atoms. The minimum absolute atomic E-state index is 0.223. The molecular formula is C11H12ClNO. The molecule has 1 N–H and O–H groups in total. The standard InChI is InChI=1S/C11H12ClNO/c1-7-2-3-10(12)9-6-8(4-5-14)13-11(7)9/h2-3,5,8,13H,4,6H2,1H3. The highest BCUT2D eigenvalue weighted by Gasteiger charge is 2.23. The Balaban J connectivity index is 2.33. The predicted octanol–water partition coefficient (Wildman–Crippen LogP) is 2.57. The molecule has 0 saturated carbocycles. The molecule has 0 bridgehead atoms. The second kappa shape index (κ2) is 3.62. The van der Waals surface area contributed by atoms with Crippen LogP contribution in [0.4, 0.5) is 5.69 Å². The summed E-state index contributed by atoms with van der Waals surface area (Å²) in [5, 5.41) is 4.13. The molecule has 0 aliphatic carbocycles. The molecule has 1 aromatic carbocycles. The summed E-state index contributed by atoms with van der Waals surface area (Å²) < 4.78 is 0. The number of anilines is 1. The summed E-state index contributed by atoms with van der Waals surface area (Å²) >= 11 is 6.08. The number of benzene rings is 1. The average molecular weight is 210 g/mol. The third-order valence-corrected chi connectivity index (χ3v) is 3.00. The first-order valence-electron chi connectivity index (χ1n) is 4.70. The highest BCUT2D eigenvalue weighted by Crippen LogP contribution is 2.35. The van der Waals surface area contributed by atoms with E-state index in [9.17, 15) is 4.79 Å². The lowest BCUT2D eigenvalue weighted by Crippen LogP contribution is -2.15. The van der Waals surface area contributed by atoms with Crippen LogP contribution in [0, 0.1) is 6.92 Å². The second-order valence-corrected chi connectivity index (χ2v) is 4.07. The van der Waals surface area contributed by atoms with E-state index >= 15 is 0 Å². The summed E-state index contributed by atoms with van der Waals surface area (Å²) in [6.45, 7) is 2.05. The van der Waals surface area contributed by atoms with Crippen LogP contribution in [0.1, 0.15) is 17.5 Å². The first-order valence-corrected chi connectivity index (χ1v) is 5.08. The van der Waals surface area contributed by atoms with Gasteiger partial charge in [0.25, 0.3) is 0 Å². The Labute approximate surface area is 88.3 Å². The van der Waals surface area contributed by atoms with Gasteiger partial charge in [-0.15, -0.1) is 0 Å². The lowest BCUT2D eigenvalue weighted by atomic mass is 10.1. The van der Waals surface area contributed by atoms with Crippen molar-refractivity contribution < 1.29 is 4.79 Å². The molecule has 0 amide bonds. The van der Waals surface area contributed by atoms with E-state index in [0.29, 0.717) is 6.42 Å². The normalized spacial score (nSPS) is 18.9. The van der Waals surface area contributed by atoms with Crippen LogP contribution >= 0.6 is 11.6 Å². The summed E-state index contributed by atoms with van der Waals surface area (Å²) in [5.74, 6) is 0. The average Bonchev–Trinajstić information content (AvgIpc) is 2.57. The Morgan fingerprint density at radius 3 is 3.07 bits per heavy atom. The summed E-state index contributed by atoms with van der Waals surface area (Å²) in [7, 11) is 0. The number of fused-ring (bicyclic) bond motifs is 1. The molecule has 0 aromatic heterocycles. The van der Waals surface area contributed by atoms with E-state index in [-0.39, 0.29) is 6.04 Å². The molecule has 3 heteroatoms. The Morgan fingerprint density at radius 2 is 2.43 bits per heavy atom. The third kappa shape index (κ3) is 1.50. The van der Waals surface area contributed by atoms with Crippen molar-refractivity contribution in [3.63, 3.8) is 0 Å². The lowest BCUT2D eigenvalue weighted by molar-refractivity contribution is -0.108. The van der Waals surface area contributed by atoms with Crippen molar-refractivity contribution in [2.24, 2.45) is 0 Å². The van der Waals surface area contributed by atoms with Gasteiger partial charge in [-0.2, -0.15) is 0 Å². The first kappa shape index (κ1) is 9.53. The van der Waals surface area contributed by atoms with Gasteiger partial charge in [0.05, 0.1) is 0 Å². The highest BCUT2D eigenvalue weighted by molar-refractivity contribution is 6.31. The Kier molecular flexibility index (Phi) is 2.46. The van der Waals surface area contributed by atoms with E-state index in [1.165, 1.54) is 5.56 Å². The summed E-state index contributed by atoms with van der Waals surface area (Å²) in [4.78, 5) is 10.4. The van der Waals surface area contributed by atoms with Crippen LogP contribution in [-0.4, -0.2) is 12.3 Å². The maximum atomic E-state index is 10.4. The molecule has 1 aromatic rings. The zero-order valence-corrected chi connectivity index (χ0v) is 8.77. The van der Waals surface area contributed by atoms with E-state index in [2.05, 4.69) is 5.32 Å². The maximum Gasteiger partial charge on any atom is 0.122 e. The fraction of sp³-hybridized carbons (Fsp3) is 0.364. The Hall–Kier alpha value is -1.02. The number of carbonyl (C=O) groups is 1. The molecule has 0 fully saturated rings. The van der Waals surface area contributed by atoms with Gasteiger partial charge in [0.1, 0.15) is 6.29 Å². The molecule has 0 saturated heterocycles. The fourth-order valence-corrected chi connectivity index (χ4v) is 2.13. The van der Waals surface area contributed by atoms with Crippen molar-refractivity contribution in [3.05, 3.63) is 28.3 Å². The molecule has 1 aliphatic rings. The number of carbonyl (C=O) groups excluding carboxylic acids is 1. The van der Waals surface area contributed by atoms with Crippen molar-refractivity contribution in [3.8, 4) is 0 Å². The molecule has 74 valence electrons. The molecule has 1 unspecified atom stereocenters. The highest BCUT2D eigenvalue weighted by atomic mass is 35.5. The molecule has 0 radical (unpaired) electrons. The summed E-state index contributed by atoms with van der Waals surface area (Å²) in [6.07, 6.45) is 2.35. The van der Waals surface area contributed by atoms with E-state index in [1.807, 2.05) is 19.1 Å². The third-order valence-electron chi connectivity index (χ3n) is 2.64. The maximum absolute atomic E-state index is 10.4. The van der Waals surface area contributed by atoms with Crippen molar-refractivity contribution in [2.75, 3.05) is 5.32 Å². The van der Waals surface area contributed by atoms with Crippen LogP contribution in [0.3, 0.4) is 0 Å². The van der Waals surface area contributed by atoms with Crippen molar-refractivity contribution >= 4 is 23.6 Å². The number of hydrogen-bond acceptors (Lipinski definition) is 2. The molecule has 1 heterocycles. The first-order chi connectivity index (χ1) is 6.72. The second-order valence-electron chi connectivity index (χ2n) is 3.67. The number of rotatable bonds is 2. The van der Waals surface area contributed by atoms with E-state index in [1.54, 1.807) is 0 Å². The van der Waals surface area contributed by atoms with Gasteiger partial charge in [0.15, 0.2) is 0 Å². The smallest absolute Gasteiger partial charge is 0.122 e. The van der Waals surface area contributed by atoms with Crippen molar-refractivity contribution in [1.29, 1.82) is 0 Å². The van der Waals surface area contributed by atoms with Crippen LogP contribution in [-0.2, 0) is 11.2 Å². The molecule has 2 nitrogen and oxygen atoms in total. The van der Waals surface area contributed by atoms with Crippen molar-refractivity contribution in [2.45, 2.75) is 25.8 Å². The van der Waals surface area contributed by atoms with Gasteiger partial charge in [-0.3, -0.25) is 0 Å². The van der Waals surface area contributed by atoms with E-state index in [4.69, 9.17) is 11.6 Å². The van der Waals surface area contributed by atoms with Gasteiger partial charge in [0, 0.05) is 23.2 Å². The Morgan fingerprint density at radius 1 is 1.64 bits per heavy atom. The minimum atomic E-state index is 0.223. The van der Waals surface area contributed by atoms with Gasteiger partial charge < -0.3 is 10.1 Å². The monoisotopic (exact) mass is 209 g/mol. The lowest BCUT2D eigenvalue weighted by Gasteiger charge is -2.07. The summed E-state index contributed by atoms with van der Waals surface area (Å²) in [6, 6.07) is 4.14. The van der Waals surface area contributed by atoms with Crippen LogP contribution in [0.2, 0.25) is 5.02 Å². The molecule has 1 aliphatic heterocycles. The SMILES string of the molecule is Cc1ccc(Cl)c2c1NC(CC=O)C2. The van der Waals surface area contributed by atoms with Crippen molar-refractivity contribution in [1.82, 2.24) is 0 Å². The largest absolute Gasteiger partial charge is 0.381 e. The fourth-order valence-electron chi connectivity index (χ4n) is 1.90. The zero-order chi connectivity index (χ0) is 10.1. The number of hydrogen-bond donors (Lipinski definition) is 1. The van der Waals surface area contributed by atoms with E-state index < -0.39 is 0 Å². The van der Waals surface area contributed by atoms with Gasteiger partial charge in [0.2, 0.25) is 0 Å². The van der Waals surface area contributed by atoms with Gasteiger partial charge in [-0.05, 0) is 30.5 Å². The molecule has 0 spiro atoms. The topological polar surface area (TPSA) is 29.1 Å². The van der Waals surface area contributed by atoms with Gasteiger partial charge in [-0.25, -0.2) is 0 Å². The summed E-state index contributed by atoms with van der Waals surface area (Å²) in [5.41, 5.74) is 3.46.